The van der Waals surface area contributed by atoms with Gasteiger partial charge >= 0.3 is 12.1 Å². The molecule has 1 saturated carbocycles. The van der Waals surface area contributed by atoms with E-state index in [0.29, 0.717) is 6.61 Å². The van der Waals surface area contributed by atoms with E-state index in [9.17, 15) is 9.59 Å². The summed E-state index contributed by atoms with van der Waals surface area (Å²) >= 11 is 0. The predicted molar refractivity (Wildman–Crippen MR) is 63.9 cm³/mol. The lowest BCUT2D eigenvalue weighted by atomic mass is 9.86. The summed E-state index contributed by atoms with van der Waals surface area (Å²) in [7, 11) is 0. The summed E-state index contributed by atoms with van der Waals surface area (Å²) in [6.07, 6.45) is 2.44. The second-order valence-electron chi connectivity index (χ2n) is 4.30. The maximum absolute atomic E-state index is 11.5. The summed E-state index contributed by atoms with van der Waals surface area (Å²) < 4.78 is 9.69. The minimum Gasteiger partial charge on any atom is -0.466 e. The Morgan fingerprint density at radius 1 is 1.22 bits per heavy atom. The SMILES string of the molecule is CCOC(=O)C1CCC(NC(=O)OCCO)CC1. The van der Waals surface area contributed by atoms with Crippen LogP contribution in [0.2, 0.25) is 0 Å². The average molecular weight is 259 g/mol. The molecule has 0 spiro atoms. The van der Waals surface area contributed by atoms with Gasteiger partial charge in [0.2, 0.25) is 0 Å². The highest BCUT2D eigenvalue weighted by Gasteiger charge is 2.28. The van der Waals surface area contributed by atoms with Crippen LogP contribution in [-0.4, -0.2) is 43.0 Å². The number of carbonyl (C=O) groups is 2. The number of hydrogen-bond acceptors (Lipinski definition) is 5. The number of rotatable bonds is 5. The van der Waals surface area contributed by atoms with Crippen LogP contribution in [-0.2, 0) is 14.3 Å². The molecule has 0 saturated heterocycles. The monoisotopic (exact) mass is 259 g/mol. The molecule has 0 heterocycles. The third-order valence-electron chi connectivity index (χ3n) is 2.99. The number of nitrogens with one attached hydrogen (secondary N) is 1. The lowest BCUT2D eigenvalue weighted by Crippen LogP contribution is -2.39. The standard InChI is InChI=1S/C12H21NO5/c1-2-17-11(15)9-3-5-10(6-4-9)13-12(16)18-8-7-14/h9-10,14H,2-8H2,1H3,(H,13,16). The van der Waals surface area contributed by atoms with Crippen LogP contribution in [0.4, 0.5) is 4.79 Å². The van der Waals surface area contributed by atoms with Crippen molar-refractivity contribution in [3.8, 4) is 0 Å². The maximum atomic E-state index is 11.5. The molecule has 6 nitrogen and oxygen atoms in total. The smallest absolute Gasteiger partial charge is 0.407 e. The third-order valence-corrected chi connectivity index (χ3v) is 2.99. The fourth-order valence-electron chi connectivity index (χ4n) is 2.08. The Morgan fingerprint density at radius 2 is 1.89 bits per heavy atom. The van der Waals surface area contributed by atoms with Crippen molar-refractivity contribution in [2.75, 3.05) is 19.8 Å². The second kappa shape index (κ2) is 7.92. The van der Waals surface area contributed by atoms with E-state index in [0.717, 1.165) is 25.7 Å². The molecule has 1 amide bonds. The van der Waals surface area contributed by atoms with E-state index in [1.165, 1.54) is 0 Å². The molecule has 1 rings (SSSR count). The Kier molecular flexibility index (Phi) is 6.49. The van der Waals surface area contributed by atoms with Gasteiger partial charge in [-0.3, -0.25) is 4.79 Å². The molecule has 0 radical (unpaired) electrons. The van der Waals surface area contributed by atoms with Crippen LogP contribution < -0.4 is 5.32 Å². The van der Waals surface area contributed by atoms with E-state index < -0.39 is 6.09 Å². The zero-order valence-electron chi connectivity index (χ0n) is 10.7. The van der Waals surface area contributed by atoms with Gasteiger partial charge in [-0.05, 0) is 32.6 Å². The van der Waals surface area contributed by atoms with Gasteiger partial charge in [-0.1, -0.05) is 0 Å². The molecule has 0 bridgehead atoms. The van der Waals surface area contributed by atoms with E-state index in [2.05, 4.69) is 5.32 Å². The Labute approximate surface area is 107 Å². The highest BCUT2D eigenvalue weighted by Crippen LogP contribution is 2.25. The van der Waals surface area contributed by atoms with Crippen molar-refractivity contribution in [3.05, 3.63) is 0 Å². The highest BCUT2D eigenvalue weighted by atomic mass is 16.6. The largest absolute Gasteiger partial charge is 0.466 e. The summed E-state index contributed by atoms with van der Waals surface area (Å²) in [5.41, 5.74) is 0. The van der Waals surface area contributed by atoms with Gasteiger partial charge in [0, 0.05) is 6.04 Å². The van der Waals surface area contributed by atoms with Crippen molar-refractivity contribution in [1.82, 2.24) is 5.32 Å². The molecule has 1 aliphatic carbocycles. The van der Waals surface area contributed by atoms with Gasteiger partial charge in [0.1, 0.15) is 6.61 Å². The number of carbonyl (C=O) groups excluding carboxylic acids is 2. The fraction of sp³-hybridized carbons (Fsp3) is 0.833. The number of hydrogen-bond donors (Lipinski definition) is 2. The zero-order valence-corrected chi connectivity index (χ0v) is 10.7. The predicted octanol–water partition coefficient (Wildman–Crippen LogP) is 0.827. The van der Waals surface area contributed by atoms with Crippen molar-refractivity contribution < 1.29 is 24.2 Å². The minimum absolute atomic E-state index is 0.00397. The molecule has 0 aliphatic heterocycles. The van der Waals surface area contributed by atoms with Gasteiger partial charge < -0.3 is 19.9 Å². The van der Waals surface area contributed by atoms with Crippen LogP contribution in [0.1, 0.15) is 32.6 Å². The molecule has 0 aromatic rings. The quantitative estimate of drug-likeness (QED) is 0.714. The Bertz CT molecular complexity index is 274. The van der Waals surface area contributed by atoms with Crippen LogP contribution >= 0.6 is 0 Å². The molecular formula is C12H21NO5. The molecule has 6 heteroatoms. The summed E-state index contributed by atoms with van der Waals surface area (Å²) in [6, 6.07) is 0.0434. The van der Waals surface area contributed by atoms with Gasteiger partial charge in [0.25, 0.3) is 0 Å². The summed E-state index contributed by atoms with van der Waals surface area (Å²) in [5.74, 6) is -0.185. The second-order valence-corrected chi connectivity index (χ2v) is 4.30. The number of esters is 1. The van der Waals surface area contributed by atoms with Crippen molar-refractivity contribution >= 4 is 12.1 Å². The van der Waals surface area contributed by atoms with Gasteiger partial charge in [-0.25, -0.2) is 4.79 Å². The lowest BCUT2D eigenvalue weighted by Gasteiger charge is -2.27. The molecule has 1 aliphatic rings. The molecular weight excluding hydrogens is 238 g/mol. The van der Waals surface area contributed by atoms with Crippen LogP contribution in [0.3, 0.4) is 0 Å². The van der Waals surface area contributed by atoms with Crippen LogP contribution in [0, 0.1) is 5.92 Å². The normalized spacial score (nSPS) is 23.2. The molecule has 1 fully saturated rings. The van der Waals surface area contributed by atoms with Crippen molar-refractivity contribution in [2.24, 2.45) is 5.92 Å². The zero-order chi connectivity index (χ0) is 13.4. The topological polar surface area (TPSA) is 84.9 Å². The number of aliphatic hydroxyl groups excluding tert-OH is 1. The first kappa shape index (κ1) is 14.8. The first-order valence-corrected chi connectivity index (χ1v) is 6.38. The van der Waals surface area contributed by atoms with Gasteiger partial charge in [0.05, 0.1) is 19.1 Å². The van der Waals surface area contributed by atoms with Gasteiger partial charge in [0.15, 0.2) is 0 Å². The first-order chi connectivity index (χ1) is 8.67. The summed E-state index contributed by atoms with van der Waals surface area (Å²) in [5, 5.41) is 11.2. The van der Waals surface area contributed by atoms with Crippen molar-refractivity contribution in [3.63, 3.8) is 0 Å². The lowest BCUT2D eigenvalue weighted by molar-refractivity contribution is -0.149. The molecule has 0 aromatic carbocycles. The molecule has 18 heavy (non-hydrogen) atoms. The Balaban J connectivity index is 2.22. The van der Waals surface area contributed by atoms with E-state index in [4.69, 9.17) is 14.6 Å². The van der Waals surface area contributed by atoms with Gasteiger partial charge in [-0.15, -0.1) is 0 Å². The van der Waals surface area contributed by atoms with E-state index in [-0.39, 0.29) is 31.1 Å². The van der Waals surface area contributed by atoms with E-state index >= 15 is 0 Å². The summed E-state index contributed by atoms with van der Waals surface area (Å²) in [6.45, 7) is 2.03. The van der Waals surface area contributed by atoms with E-state index in [1.807, 2.05) is 0 Å². The Morgan fingerprint density at radius 3 is 2.44 bits per heavy atom. The number of amides is 1. The number of ether oxygens (including phenoxy) is 2. The van der Waals surface area contributed by atoms with Gasteiger partial charge in [-0.2, -0.15) is 0 Å². The molecule has 2 N–H and O–H groups in total. The Hall–Kier alpha value is -1.30. The molecule has 104 valence electrons. The average Bonchev–Trinajstić information content (AvgIpc) is 2.37. The van der Waals surface area contributed by atoms with Crippen molar-refractivity contribution in [1.29, 1.82) is 0 Å². The molecule has 0 atom stereocenters. The maximum Gasteiger partial charge on any atom is 0.407 e. The van der Waals surface area contributed by atoms with Crippen LogP contribution in [0.25, 0.3) is 0 Å². The number of aliphatic hydroxyl groups is 1. The van der Waals surface area contributed by atoms with E-state index in [1.54, 1.807) is 6.92 Å². The first-order valence-electron chi connectivity index (χ1n) is 6.38. The summed E-state index contributed by atoms with van der Waals surface area (Å²) in [4.78, 5) is 22.8. The van der Waals surface area contributed by atoms with Crippen LogP contribution in [0.5, 0.6) is 0 Å². The van der Waals surface area contributed by atoms with Crippen molar-refractivity contribution in [2.45, 2.75) is 38.6 Å². The molecule has 0 aromatic heterocycles. The molecule has 0 unspecified atom stereocenters. The number of alkyl carbamates (subject to hydrolysis) is 1. The third kappa shape index (κ3) is 4.91. The van der Waals surface area contributed by atoms with Crippen LogP contribution in [0.15, 0.2) is 0 Å². The fourth-order valence-corrected chi connectivity index (χ4v) is 2.08. The highest BCUT2D eigenvalue weighted by molar-refractivity contribution is 5.72. The minimum atomic E-state index is -0.511.